The second-order valence-electron chi connectivity index (χ2n) is 4.10. The van der Waals surface area contributed by atoms with Crippen LogP contribution in [0.25, 0.3) is 0 Å². The standard InChI is InChI=1S/C12H15BrN2O2/c13-9-1-2-11(14-8-9)7-12(16)15-10-3-5-17-6-4-10/h1-2,8,10H,3-7H2,(H,15,16). The summed E-state index contributed by atoms with van der Waals surface area (Å²) >= 11 is 3.31. The molecule has 4 nitrogen and oxygen atoms in total. The van der Waals surface area contributed by atoms with E-state index >= 15 is 0 Å². The topological polar surface area (TPSA) is 51.2 Å². The van der Waals surface area contributed by atoms with Gasteiger partial charge in [-0.25, -0.2) is 0 Å². The van der Waals surface area contributed by atoms with Gasteiger partial charge in [-0.05, 0) is 40.9 Å². The average Bonchev–Trinajstić information content (AvgIpc) is 2.33. The Bertz CT molecular complexity index is 375. The van der Waals surface area contributed by atoms with E-state index in [2.05, 4.69) is 26.2 Å². The summed E-state index contributed by atoms with van der Waals surface area (Å²) in [6.07, 6.45) is 3.85. The molecular weight excluding hydrogens is 284 g/mol. The Morgan fingerprint density at radius 2 is 2.24 bits per heavy atom. The summed E-state index contributed by atoms with van der Waals surface area (Å²) in [7, 11) is 0. The quantitative estimate of drug-likeness (QED) is 0.924. The number of nitrogens with zero attached hydrogens (tertiary/aromatic N) is 1. The van der Waals surface area contributed by atoms with Crippen LogP contribution in [-0.4, -0.2) is 30.1 Å². The third-order valence-electron chi connectivity index (χ3n) is 2.72. The molecule has 5 heteroatoms. The Hall–Kier alpha value is -0.940. The van der Waals surface area contributed by atoms with Crippen LogP contribution in [0.15, 0.2) is 22.8 Å². The van der Waals surface area contributed by atoms with Gasteiger partial charge in [0.05, 0.1) is 6.42 Å². The number of carbonyl (C=O) groups excluding carboxylic acids is 1. The van der Waals surface area contributed by atoms with Crippen LogP contribution >= 0.6 is 15.9 Å². The monoisotopic (exact) mass is 298 g/mol. The molecule has 92 valence electrons. The highest BCUT2D eigenvalue weighted by Gasteiger charge is 2.16. The van der Waals surface area contributed by atoms with Crippen molar-refractivity contribution in [1.82, 2.24) is 10.3 Å². The van der Waals surface area contributed by atoms with E-state index in [-0.39, 0.29) is 11.9 Å². The predicted molar refractivity (Wildman–Crippen MR) is 67.6 cm³/mol. The molecule has 0 unspecified atom stereocenters. The van der Waals surface area contributed by atoms with E-state index in [9.17, 15) is 4.79 Å². The van der Waals surface area contributed by atoms with Crippen LogP contribution in [0.2, 0.25) is 0 Å². The Balaban J connectivity index is 1.82. The molecule has 0 spiro atoms. The van der Waals surface area contributed by atoms with Crippen LogP contribution in [-0.2, 0) is 16.0 Å². The molecule has 1 aromatic heterocycles. The molecule has 0 atom stereocenters. The lowest BCUT2D eigenvalue weighted by atomic mass is 10.1. The summed E-state index contributed by atoms with van der Waals surface area (Å²) < 4.78 is 6.17. The van der Waals surface area contributed by atoms with Gasteiger partial charge in [-0.2, -0.15) is 0 Å². The van der Waals surface area contributed by atoms with Crippen molar-refractivity contribution in [2.24, 2.45) is 0 Å². The zero-order valence-corrected chi connectivity index (χ0v) is 11.1. The molecule has 0 bridgehead atoms. The fourth-order valence-corrected chi connectivity index (χ4v) is 2.03. The number of carbonyl (C=O) groups is 1. The molecular formula is C12H15BrN2O2. The molecule has 0 radical (unpaired) electrons. The first-order chi connectivity index (χ1) is 8.24. The van der Waals surface area contributed by atoms with E-state index in [0.29, 0.717) is 6.42 Å². The van der Waals surface area contributed by atoms with Crippen LogP contribution < -0.4 is 5.32 Å². The summed E-state index contributed by atoms with van der Waals surface area (Å²) in [4.78, 5) is 15.9. The number of hydrogen-bond acceptors (Lipinski definition) is 3. The van der Waals surface area contributed by atoms with Crippen LogP contribution in [0.1, 0.15) is 18.5 Å². The lowest BCUT2D eigenvalue weighted by Crippen LogP contribution is -2.39. The molecule has 1 fully saturated rings. The fraction of sp³-hybridized carbons (Fsp3) is 0.500. The maximum absolute atomic E-state index is 11.8. The number of rotatable bonds is 3. The third kappa shape index (κ3) is 4.09. The highest BCUT2D eigenvalue weighted by Crippen LogP contribution is 2.09. The number of amides is 1. The maximum atomic E-state index is 11.8. The molecule has 1 aliphatic rings. The van der Waals surface area contributed by atoms with Crippen molar-refractivity contribution in [2.45, 2.75) is 25.3 Å². The van der Waals surface area contributed by atoms with Crippen molar-refractivity contribution >= 4 is 21.8 Å². The molecule has 1 N–H and O–H groups in total. The number of aromatic nitrogens is 1. The van der Waals surface area contributed by atoms with E-state index in [1.807, 2.05) is 12.1 Å². The van der Waals surface area contributed by atoms with Gasteiger partial charge in [-0.3, -0.25) is 9.78 Å². The number of pyridine rings is 1. The highest BCUT2D eigenvalue weighted by atomic mass is 79.9. The summed E-state index contributed by atoms with van der Waals surface area (Å²) in [6, 6.07) is 4.00. The molecule has 1 aliphatic heterocycles. The minimum atomic E-state index is 0.0340. The number of nitrogens with one attached hydrogen (secondary N) is 1. The van der Waals surface area contributed by atoms with Crippen molar-refractivity contribution in [3.8, 4) is 0 Å². The van der Waals surface area contributed by atoms with Crippen LogP contribution in [0.3, 0.4) is 0 Å². The van der Waals surface area contributed by atoms with E-state index in [1.54, 1.807) is 6.20 Å². The van der Waals surface area contributed by atoms with Gasteiger partial charge < -0.3 is 10.1 Å². The molecule has 1 amide bonds. The zero-order chi connectivity index (χ0) is 12.1. The Kier molecular flexibility index (Phi) is 4.50. The first-order valence-corrected chi connectivity index (χ1v) is 6.51. The van der Waals surface area contributed by atoms with Crippen molar-refractivity contribution in [1.29, 1.82) is 0 Å². The van der Waals surface area contributed by atoms with Gasteiger partial charge in [0.2, 0.25) is 5.91 Å². The third-order valence-corrected chi connectivity index (χ3v) is 3.19. The molecule has 1 aromatic rings. The van der Waals surface area contributed by atoms with Gasteiger partial charge in [0, 0.05) is 35.6 Å². The molecule has 2 heterocycles. The van der Waals surface area contributed by atoms with Gasteiger partial charge >= 0.3 is 0 Å². The second-order valence-corrected chi connectivity index (χ2v) is 5.01. The van der Waals surface area contributed by atoms with Gasteiger partial charge in [0.1, 0.15) is 0 Å². The maximum Gasteiger partial charge on any atom is 0.226 e. The molecule has 0 aromatic carbocycles. The molecule has 17 heavy (non-hydrogen) atoms. The average molecular weight is 299 g/mol. The first-order valence-electron chi connectivity index (χ1n) is 5.71. The van der Waals surface area contributed by atoms with Crippen molar-refractivity contribution in [3.63, 3.8) is 0 Å². The predicted octanol–water partition coefficient (Wildman–Crippen LogP) is 1.68. The Labute approximate surface area is 109 Å². The van der Waals surface area contributed by atoms with Crippen LogP contribution in [0.4, 0.5) is 0 Å². The lowest BCUT2D eigenvalue weighted by molar-refractivity contribution is -0.121. The Morgan fingerprint density at radius 1 is 1.47 bits per heavy atom. The molecule has 0 aliphatic carbocycles. The lowest BCUT2D eigenvalue weighted by Gasteiger charge is -2.23. The summed E-state index contributed by atoms with van der Waals surface area (Å²) in [6.45, 7) is 1.48. The van der Waals surface area contributed by atoms with Crippen LogP contribution in [0.5, 0.6) is 0 Å². The first kappa shape index (κ1) is 12.5. The largest absolute Gasteiger partial charge is 0.381 e. The number of ether oxygens (including phenoxy) is 1. The van der Waals surface area contributed by atoms with Crippen molar-refractivity contribution in [2.75, 3.05) is 13.2 Å². The van der Waals surface area contributed by atoms with Gasteiger partial charge in [0.25, 0.3) is 0 Å². The molecule has 1 saturated heterocycles. The minimum absolute atomic E-state index is 0.0340. The minimum Gasteiger partial charge on any atom is -0.381 e. The zero-order valence-electron chi connectivity index (χ0n) is 9.49. The van der Waals surface area contributed by atoms with Gasteiger partial charge in [-0.15, -0.1) is 0 Å². The number of halogens is 1. The fourth-order valence-electron chi connectivity index (χ4n) is 1.80. The van der Waals surface area contributed by atoms with E-state index in [4.69, 9.17) is 4.74 Å². The van der Waals surface area contributed by atoms with Crippen molar-refractivity contribution in [3.05, 3.63) is 28.5 Å². The van der Waals surface area contributed by atoms with Crippen LogP contribution in [0, 0.1) is 0 Å². The van der Waals surface area contributed by atoms with E-state index in [1.165, 1.54) is 0 Å². The number of hydrogen-bond donors (Lipinski definition) is 1. The van der Waals surface area contributed by atoms with Gasteiger partial charge in [0.15, 0.2) is 0 Å². The van der Waals surface area contributed by atoms with Gasteiger partial charge in [-0.1, -0.05) is 0 Å². The summed E-state index contributed by atoms with van der Waals surface area (Å²) in [5, 5.41) is 3.01. The summed E-state index contributed by atoms with van der Waals surface area (Å²) in [5.41, 5.74) is 0.790. The molecule has 2 rings (SSSR count). The van der Waals surface area contributed by atoms with E-state index in [0.717, 1.165) is 36.2 Å². The smallest absolute Gasteiger partial charge is 0.226 e. The van der Waals surface area contributed by atoms with Crippen molar-refractivity contribution < 1.29 is 9.53 Å². The molecule has 0 saturated carbocycles. The normalized spacial score (nSPS) is 16.8. The van der Waals surface area contributed by atoms with E-state index < -0.39 is 0 Å². The SMILES string of the molecule is O=C(Cc1ccc(Br)cn1)NC1CCOCC1. The second kappa shape index (κ2) is 6.12. The summed E-state index contributed by atoms with van der Waals surface area (Å²) in [5.74, 6) is 0.0340. The highest BCUT2D eigenvalue weighted by molar-refractivity contribution is 9.10. The Morgan fingerprint density at radius 3 is 2.88 bits per heavy atom.